The van der Waals surface area contributed by atoms with E-state index in [2.05, 4.69) is 10.3 Å². The first-order valence-electron chi connectivity index (χ1n) is 8.39. The fraction of sp³-hybridized carbons (Fsp3) is 0.333. The van der Waals surface area contributed by atoms with Gasteiger partial charge < -0.3 is 10.1 Å². The van der Waals surface area contributed by atoms with Gasteiger partial charge in [0.05, 0.1) is 12.1 Å². The van der Waals surface area contributed by atoms with Gasteiger partial charge in [-0.3, -0.25) is 19.3 Å². The highest BCUT2D eigenvalue weighted by molar-refractivity contribution is 7.14. The van der Waals surface area contributed by atoms with E-state index in [1.165, 1.54) is 17.4 Å². The number of aryl methyl sites for hydroxylation is 1. The second kappa shape index (κ2) is 8.26. The van der Waals surface area contributed by atoms with Gasteiger partial charge in [0.1, 0.15) is 5.82 Å². The van der Waals surface area contributed by atoms with Crippen molar-refractivity contribution < 1.29 is 23.5 Å². The van der Waals surface area contributed by atoms with Gasteiger partial charge in [-0.1, -0.05) is 6.07 Å². The van der Waals surface area contributed by atoms with E-state index >= 15 is 0 Å². The molecule has 0 aliphatic carbocycles. The van der Waals surface area contributed by atoms with Crippen molar-refractivity contribution in [2.75, 3.05) is 23.4 Å². The van der Waals surface area contributed by atoms with Crippen molar-refractivity contribution >= 4 is 39.9 Å². The Hall–Kier alpha value is -2.81. The minimum atomic E-state index is -0.607. The Labute approximate surface area is 159 Å². The maximum absolute atomic E-state index is 13.5. The average molecular weight is 391 g/mol. The molecule has 1 N–H and O–H groups in total. The molecule has 0 unspecified atom stereocenters. The summed E-state index contributed by atoms with van der Waals surface area (Å²) in [5, 5.41) is 4.72. The summed E-state index contributed by atoms with van der Waals surface area (Å²) in [6.45, 7) is 1.78. The Balaban J connectivity index is 1.46. The summed E-state index contributed by atoms with van der Waals surface area (Å²) in [5.41, 5.74) is 1.25. The molecule has 7 nitrogen and oxygen atoms in total. The first-order valence-corrected chi connectivity index (χ1v) is 9.27. The first-order chi connectivity index (χ1) is 12.9. The van der Waals surface area contributed by atoms with Crippen LogP contribution >= 0.6 is 11.3 Å². The standard InChI is InChI=1S/C18H18FN3O4S/c1-11-4-5-12(7-14(11)19)20-15(23)9-26-17(25)8-13-10-27-18(21-13)22-6-2-3-16(22)24/h4-5,7,10H,2-3,6,8-9H2,1H3,(H,20,23). The van der Waals surface area contributed by atoms with E-state index in [4.69, 9.17) is 4.74 Å². The number of halogens is 1. The minimum absolute atomic E-state index is 0.0303. The molecule has 1 saturated heterocycles. The van der Waals surface area contributed by atoms with Crippen LogP contribution in [0.4, 0.5) is 15.2 Å². The maximum atomic E-state index is 13.5. The zero-order valence-electron chi connectivity index (χ0n) is 14.7. The van der Waals surface area contributed by atoms with Crippen molar-refractivity contribution in [1.82, 2.24) is 4.98 Å². The first kappa shape index (κ1) is 19.0. The summed E-state index contributed by atoms with van der Waals surface area (Å²) in [6, 6.07) is 4.31. The van der Waals surface area contributed by atoms with Crippen LogP contribution in [0.5, 0.6) is 0 Å². The molecule has 0 saturated carbocycles. The molecule has 27 heavy (non-hydrogen) atoms. The third-order valence-electron chi connectivity index (χ3n) is 3.99. The van der Waals surface area contributed by atoms with Crippen LogP contribution in [0.2, 0.25) is 0 Å². The Morgan fingerprint density at radius 1 is 1.41 bits per heavy atom. The number of rotatable bonds is 6. The number of amides is 2. The number of carbonyl (C=O) groups is 3. The Bertz CT molecular complexity index is 883. The van der Waals surface area contributed by atoms with Gasteiger partial charge in [0.25, 0.3) is 5.91 Å². The predicted octanol–water partition coefficient (Wildman–Crippen LogP) is 2.44. The summed E-state index contributed by atoms with van der Waals surface area (Å²) < 4.78 is 18.4. The van der Waals surface area contributed by atoms with Crippen LogP contribution in [0, 0.1) is 12.7 Å². The minimum Gasteiger partial charge on any atom is -0.455 e. The second-order valence-electron chi connectivity index (χ2n) is 6.12. The molecule has 2 heterocycles. The Morgan fingerprint density at radius 2 is 2.22 bits per heavy atom. The van der Waals surface area contributed by atoms with Gasteiger partial charge in [0.15, 0.2) is 11.7 Å². The summed E-state index contributed by atoms with van der Waals surface area (Å²) in [6.07, 6.45) is 1.22. The van der Waals surface area contributed by atoms with E-state index < -0.39 is 24.3 Å². The third kappa shape index (κ3) is 4.88. The number of anilines is 2. The van der Waals surface area contributed by atoms with Crippen LogP contribution in [0.25, 0.3) is 0 Å². The molecule has 1 aliphatic rings. The van der Waals surface area contributed by atoms with E-state index in [-0.39, 0.29) is 12.3 Å². The van der Waals surface area contributed by atoms with Crippen molar-refractivity contribution in [3.05, 3.63) is 40.7 Å². The van der Waals surface area contributed by atoms with Crippen LogP contribution < -0.4 is 10.2 Å². The van der Waals surface area contributed by atoms with Gasteiger partial charge in [-0.2, -0.15) is 0 Å². The monoisotopic (exact) mass is 391 g/mol. The van der Waals surface area contributed by atoms with E-state index in [9.17, 15) is 18.8 Å². The van der Waals surface area contributed by atoms with Gasteiger partial charge in [-0.05, 0) is 31.0 Å². The highest BCUT2D eigenvalue weighted by Crippen LogP contribution is 2.25. The van der Waals surface area contributed by atoms with Gasteiger partial charge in [0.2, 0.25) is 5.91 Å². The van der Waals surface area contributed by atoms with Gasteiger partial charge >= 0.3 is 5.97 Å². The zero-order valence-corrected chi connectivity index (χ0v) is 15.5. The van der Waals surface area contributed by atoms with Crippen molar-refractivity contribution in [2.24, 2.45) is 0 Å². The summed E-state index contributed by atoms with van der Waals surface area (Å²) in [7, 11) is 0. The molecule has 142 valence electrons. The normalized spacial score (nSPS) is 13.7. The number of carbonyl (C=O) groups excluding carboxylic acids is 3. The molecule has 1 fully saturated rings. The number of aromatic nitrogens is 1. The van der Waals surface area contributed by atoms with Crippen LogP contribution in [0.1, 0.15) is 24.1 Å². The van der Waals surface area contributed by atoms with Crippen molar-refractivity contribution in [1.29, 1.82) is 0 Å². The number of hydrogen-bond donors (Lipinski definition) is 1. The van der Waals surface area contributed by atoms with E-state index in [0.717, 1.165) is 6.42 Å². The average Bonchev–Trinajstić information content (AvgIpc) is 3.25. The Morgan fingerprint density at radius 3 is 2.93 bits per heavy atom. The highest BCUT2D eigenvalue weighted by atomic mass is 32.1. The van der Waals surface area contributed by atoms with Crippen molar-refractivity contribution in [2.45, 2.75) is 26.2 Å². The number of nitrogens with zero attached hydrogens (tertiary/aromatic N) is 2. The van der Waals surface area contributed by atoms with E-state index in [1.54, 1.807) is 29.3 Å². The fourth-order valence-corrected chi connectivity index (χ4v) is 3.43. The van der Waals surface area contributed by atoms with Crippen LogP contribution in [-0.4, -0.2) is 35.9 Å². The SMILES string of the molecule is Cc1ccc(NC(=O)COC(=O)Cc2csc(N3CCCC3=O)n2)cc1F. The van der Waals surface area contributed by atoms with Gasteiger partial charge in [0, 0.05) is 24.0 Å². The molecule has 3 rings (SSSR count). The largest absolute Gasteiger partial charge is 0.455 e. The second-order valence-corrected chi connectivity index (χ2v) is 6.96. The number of hydrogen-bond acceptors (Lipinski definition) is 6. The molecule has 2 aromatic rings. The lowest BCUT2D eigenvalue weighted by molar-refractivity contribution is -0.146. The number of thiazole rings is 1. The molecule has 1 aromatic carbocycles. The lowest BCUT2D eigenvalue weighted by Crippen LogP contribution is -2.23. The van der Waals surface area contributed by atoms with Crippen molar-refractivity contribution in [3.8, 4) is 0 Å². The topological polar surface area (TPSA) is 88.6 Å². The molecule has 0 spiro atoms. The zero-order chi connectivity index (χ0) is 19.4. The third-order valence-corrected chi connectivity index (χ3v) is 4.90. The van der Waals surface area contributed by atoms with Gasteiger partial charge in [-0.25, -0.2) is 9.37 Å². The molecule has 1 aromatic heterocycles. The fourth-order valence-electron chi connectivity index (χ4n) is 2.56. The van der Waals surface area contributed by atoms with Crippen molar-refractivity contribution in [3.63, 3.8) is 0 Å². The number of benzene rings is 1. The smallest absolute Gasteiger partial charge is 0.312 e. The number of nitrogens with one attached hydrogen (secondary N) is 1. The lowest BCUT2D eigenvalue weighted by Gasteiger charge is -2.10. The molecular weight excluding hydrogens is 373 g/mol. The summed E-state index contributed by atoms with van der Waals surface area (Å²) in [4.78, 5) is 41.3. The summed E-state index contributed by atoms with van der Waals surface area (Å²) >= 11 is 1.29. The number of esters is 1. The maximum Gasteiger partial charge on any atom is 0.312 e. The lowest BCUT2D eigenvalue weighted by atomic mass is 10.2. The van der Waals surface area contributed by atoms with E-state index in [1.807, 2.05) is 0 Å². The van der Waals surface area contributed by atoms with Crippen LogP contribution in [0.15, 0.2) is 23.6 Å². The molecule has 1 aliphatic heterocycles. The van der Waals surface area contributed by atoms with Crippen LogP contribution in [0.3, 0.4) is 0 Å². The Kier molecular flexibility index (Phi) is 5.80. The van der Waals surface area contributed by atoms with Crippen LogP contribution in [-0.2, 0) is 25.5 Å². The quantitative estimate of drug-likeness (QED) is 0.764. The predicted molar refractivity (Wildman–Crippen MR) is 98.1 cm³/mol. The molecule has 2 amide bonds. The molecule has 0 atom stereocenters. The molecule has 0 bridgehead atoms. The van der Waals surface area contributed by atoms with Gasteiger partial charge in [-0.15, -0.1) is 11.3 Å². The highest BCUT2D eigenvalue weighted by Gasteiger charge is 2.24. The molecular formula is C18H18FN3O4S. The van der Waals surface area contributed by atoms with E-state index in [0.29, 0.717) is 35.0 Å². The molecule has 9 heteroatoms. The summed E-state index contributed by atoms with van der Waals surface area (Å²) in [5.74, 6) is -1.57. The number of ether oxygens (including phenoxy) is 1. The molecule has 0 radical (unpaired) electrons.